The summed E-state index contributed by atoms with van der Waals surface area (Å²) in [7, 11) is 1.70. The van der Waals surface area contributed by atoms with E-state index in [2.05, 4.69) is 12.1 Å². The highest BCUT2D eigenvalue weighted by Gasteiger charge is 2.18. The number of aromatic carboxylic acids is 1. The van der Waals surface area contributed by atoms with Crippen LogP contribution >= 0.6 is 0 Å². The summed E-state index contributed by atoms with van der Waals surface area (Å²) in [6.45, 7) is 1.87. The molecule has 0 unspecified atom stereocenters. The molecule has 0 saturated heterocycles. The number of carboxylic acids is 1. The molecule has 0 aliphatic heterocycles. The number of carboxylic acid groups (broad SMARTS) is 1. The van der Waals surface area contributed by atoms with Crippen LogP contribution in [0, 0.1) is 6.92 Å². The van der Waals surface area contributed by atoms with Crippen LogP contribution in [0.2, 0.25) is 0 Å². The van der Waals surface area contributed by atoms with Crippen molar-refractivity contribution >= 4 is 11.9 Å². The Morgan fingerprint density at radius 3 is 2.67 bits per heavy atom. The van der Waals surface area contributed by atoms with Gasteiger partial charge in [0, 0.05) is 7.05 Å². The Bertz CT molecular complexity index is 791. The normalized spacial score (nSPS) is 12.9. The molecule has 0 bridgehead atoms. The fourth-order valence-corrected chi connectivity index (χ4v) is 3.20. The van der Waals surface area contributed by atoms with Crippen LogP contribution in [-0.4, -0.2) is 28.9 Å². The van der Waals surface area contributed by atoms with Crippen molar-refractivity contribution < 1.29 is 19.1 Å². The molecule has 1 heterocycles. The van der Waals surface area contributed by atoms with Crippen LogP contribution < -0.4 is 0 Å². The number of carbonyl (C=O) groups excluding carboxylic acids is 1. The molecule has 126 valence electrons. The summed E-state index contributed by atoms with van der Waals surface area (Å²) in [6, 6.07) is 7.76. The lowest BCUT2D eigenvalue weighted by atomic mass is 10.0. The zero-order valence-corrected chi connectivity index (χ0v) is 14.0. The van der Waals surface area contributed by atoms with Crippen LogP contribution in [0.3, 0.4) is 0 Å². The van der Waals surface area contributed by atoms with E-state index in [-0.39, 0.29) is 18.0 Å². The summed E-state index contributed by atoms with van der Waals surface area (Å²) in [5, 5.41) is 9.05. The van der Waals surface area contributed by atoms with Crippen LogP contribution in [-0.2, 0) is 30.6 Å². The van der Waals surface area contributed by atoms with Gasteiger partial charge in [-0.15, -0.1) is 0 Å². The Morgan fingerprint density at radius 2 is 1.96 bits per heavy atom. The van der Waals surface area contributed by atoms with Gasteiger partial charge >= 0.3 is 5.97 Å². The first-order chi connectivity index (χ1) is 11.4. The number of hydrogen-bond acceptors (Lipinski definition) is 3. The summed E-state index contributed by atoms with van der Waals surface area (Å²) in [4.78, 5) is 25.0. The van der Waals surface area contributed by atoms with Gasteiger partial charge in [0.2, 0.25) is 5.91 Å². The number of rotatable bonds is 5. The van der Waals surface area contributed by atoms with E-state index in [4.69, 9.17) is 9.52 Å². The van der Waals surface area contributed by atoms with Gasteiger partial charge in [-0.1, -0.05) is 18.2 Å². The average molecular weight is 327 g/mol. The van der Waals surface area contributed by atoms with Gasteiger partial charge in [0.15, 0.2) is 0 Å². The van der Waals surface area contributed by atoms with E-state index in [1.165, 1.54) is 23.6 Å². The number of likely N-dealkylation sites (N-methyl/N-ethyl adjacent to an activating group) is 1. The molecule has 0 spiro atoms. The van der Waals surface area contributed by atoms with Gasteiger partial charge in [-0.2, -0.15) is 0 Å². The number of nitrogens with zero attached hydrogens (tertiary/aromatic N) is 1. The molecule has 24 heavy (non-hydrogen) atoms. The lowest BCUT2D eigenvalue weighted by molar-refractivity contribution is -0.129. The average Bonchev–Trinajstić information content (AvgIpc) is 3.13. The Hall–Kier alpha value is -2.56. The Morgan fingerprint density at radius 1 is 1.21 bits per heavy atom. The van der Waals surface area contributed by atoms with Crippen molar-refractivity contribution in [3.63, 3.8) is 0 Å². The molecular weight excluding hydrogens is 306 g/mol. The first-order valence-corrected chi connectivity index (χ1v) is 8.11. The second kappa shape index (κ2) is 6.51. The fourth-order valence-electron chi connectivity index (χ4n) is 3.20. The van der Waals surface area contributed by atoms with E-state index < -0.39 is 5.97 Å². The first kappa shape index (κ1) is 16.3. The number of carbonyl (C=O) groups is 2. The molecular formula is C19H21NO4. The van der Waals surface area contributed by atoms with Crippen molar-refractivity contribution in [2.45, 2.75) is 39.2 Å². The predicted octanol–water partition coefficient (Wildman–Crippen LogP) is 2.98. The molecule has 0 saturated carbocycles. The molecule has 1 aliphatic carbocycles. The topological polar surface area (TPSA) is 70.8 Å². The number of fused-ring (bicyclic) bond motifs is 1. The lowest BCUT2D eigenvalue weighted by Crippen LogP contribution is -2.27. The van der Waals surface area contributed by atoms with Gasteiger partial charge in [0.1, 0.15) is 17.1 Å². The second-order valence-electron chi connectivity index (χ2n) is 6.37. The summed E-state index contributed by atoms with van der Waals surface area (Å²) in [5.74, 6) is -0.194. The molecule has 2 aromatic rings. The third-order valence-corrected chi connectivity index (χ3v) is 4.54. The van der Waals surface area contributed by atoms with Crippen LogP contribution in [0.5, 0.6) is 0 Å². The smallest absolute Gasteiger partial charge is 0.339 e. The van der Waals surface area contributed by atoms with Crippen molar-refractivity contribution in [2.75, 3.05) is 7.05 Å². The minimum atomic E-state index is -1.02. The molecule has 1 N–H and O–H groups in total. The maximum absolute atomic E-state index is 12.4. The highest BCUT2D eigenvalue weighted by molar-refractivity contribution is 5.88. The monoisotopic (exact) mass is 327 g/mol. The van der Waals surface area contributed by atoms with Crippen molar-refractivity contribution in [3.05, 3.63) is 58.0 Å². The molecule has 3 rings (SSSR count). The van der Waals surface area contributed by atoms with Crippen LogP contribution in [0.15, 0.2) is 28.7 Å². The van der Waals surface area contributed by atoms with E-state index in [1.807, 2.05) is 6.07 Å². The number of amides is 1. The van der Waals surface area contributed by atoms with Crippen molar-refractivity contribution in [1.82, 2.24) is 4.90 Å². The van der Waals surface area contributed by atoms with Gasteiger partial charge in [-0.3, -0.25) is 4.79 Å². The quantitative estimate of drug-likeness (QED) is 0.916. The van der Waals surface area contributed by atoms with E-state index in [0.29, 0.717) is 17.9 Å². The second-order valence-corrected chi connectivity index (χ2v) is 6.37. The first-order valence-electron chi connectivity index (χ1n) is 8.11. The van der Waals surface area contributed by atoms with Gasteiger partial charge in [-0.05, 0) is 48.9 Å². The molecule has 5 heteroatoms. The number of benzene rings is 1. The number of hydrogen-bond donors (Lipinski definition) is 1. The highest BCUT2D eigenvalue weighted by atomic mass is 16.4. The Labute approximate surface area is 140 Å². The summed E-state index contributed by atoms with van der Waals surface area (Å²) in [6.07, 6.45) is 3.76. The van der Waals surface area contributed by atoms with Crippen molar-refractivity contribution in [1.29, 1.82) is 0 Å². The fraction of sp³-hybridized carbons (Fsp3) is 0.368. The summed E-state index contributed by atoms with van der Waals surface area (Å²) >= 11 is 0. The van der Waals surface area contributed by atoms with Crippen LogP contribution in [0.1, 0.15) is 45.0 Å². The van der Waals surface area contributed by atoms with Crippen molar-refractivity contribution in [3.8, 4) is 0 Å². The summed E-state index contributed by atoms with van der Waals surface area (Å²) in [5.41, 5.74) is 3.92. The predicted molar refractivity (Wildman–Crippen MR) is 89.0 cm³/mol. The van der Waals surface area contributed by atoms with Crippen LogP contribution in [0.4, 0.5) is 0 Å². The van der Waals surface area contributed by atoms with Gasteiger partial charge < -0.3 is 14.4 Å². The molecule has 1 aromatic carbocycles. The third kappa shape index (κ3) is 3.35. The molecule has 0 fully saturated rings. The zero-order valence-electron chi connectivity index (χ0n) is 14.0. The number of furan rings is 1. The molecule has 1 amide bonds. The summed E-state index contributed by atoms with van der Waals surface area (Å²) < 4.78 is 5.43. The molecule has 1 aliphatic rings. The van der Waals surface area contributed by atoms with Gasteiger partial charge in [0.25, 0.3) is 0 Å². The lowest BCUT2D eigenvalue weighted by Gasteiger charge is -2.16. The highest BCUT2D eigenvalue weighted by Crippen LogP contribution is 2.23. The maximum atomic E-state index is 12.4. The van der Waals surface area contributed by atoms with Gasteiger partial charge in [0.05, 0.1) is 13.0 Å². The van der Waals surface area contributed by atoms with E-state index >= 15 is 0 Å². The van der Waals surface area contributed by atoms with Crippen molar-refractivity contribution in [2.24, 2.45) is 0 Å². The minimum absolute atomic E-state index is 0.0149. The SMILES string of the molecule is Cc1oc(CN(C)C(=O)Cc2ccc3c(c2)CCC3)cc1C(=O)O. The van der Waals surface area contributed by atoms with E-state index in [1.54, 1.807) is 18.9 Å². The zero-order chi connectivity index (χ0) is 17.3. The maximum Gasteiger partial charge on any atom is 0.339 e. The molecule has 1 aromatic heterocycles. The minimum Gasteiger partial charge on any atom is -0.478 e. The molecule has 5 nitrogen and oxygen atoms in total. The van der Waals surface area contributed by atoms with Gasteiger partial charge in [-0.25, -0.2) is 4.79 Å². The molecule has 0 radical (unpaired) electrons. The Kier molecular flexibility index (Phi) is 4.42. The Balaban J connectivity index is 1.64. The number of aryl methyl sites for hydroxylation is 3. The van der Waals surface area contributed by atoms with E-state index in [9.17, 15) is 9.59 Å². The van der Waals surface area contributed by atoms with E-state index in [0.717, 1.165) is 18.4 Å². The van der Waals surface area contributed by atoms with Crippen LogP contribution in [0.25, 0.3) is 0 Å². The standard InChI is InChI=1S/C19H21NO4/c1-12-17(19(22)23)10-16(24-12)11-20(2)18(21)9-13-6-7-14-4-3-5-15(14)8-13/h6-8,10H,3-5,9,11H2,1-2H3,(H,22,23). The largest absolute Gasteiger partial charge is 0.478 e. The third-order valence-electron chi connectivity index (χ3n) is 4.54. The molecule has 0 atom stereocenters.